The van der Waals surface area contributed by atoms with Crippen molar-refractivity contribution in [1.29, 1.82) is 0 Å². The van der Waals surface area contributed by atoms with Crippen LogP contribution in [-0.2, 0) is 4.79 Å². The number of carboxylic acid groups (broad SMARTS) is 1. The van der Waals surface area contributed by atoms with Gasteiger partial charge in [0.1, 0.15) is 11.4 Å². The fourth-order valence-corrected chi connectivity index (χ4v) is 3.34. The zero-order chi connectivity index (χ0) is 15.9. The fraction of sp³-hybridized carbons (Fsp3) is 0.529. The number of benzene rings is 1. The Balaban J connectivity index is 1.79. The van der Waals surface area contributed by atoms with Gasteiger partial charge in [-0.1, -0.05) is 0 Å². The predicted molar refractivity (Wildman–Crippen MR) is 81.5 cm³/mol. The van der Waals surface area contributed by atoms with Gasteiger partial charge in [0.2, 0.25) is 0 Å². The highest BCUT2D eigenvalue weighted by Gasteiger charge is 2.43. The van der Waals surface area contributed by atoms with E-state index in [2.05, 4.69) is 0 Å². The van der Waals surface area contributed by atoms with Crippen molar-refractivity contribution >= 4 is 11.8 Å². The summed E-state index contributed by atoms with van der Waals surface area (Å²) in [5.41, 5.74) is 2.44. The van der Waals surface area contributed by atoms with Crippen LogP contribution in [0.4, 0.5) is 0 Å². The van der Waals surface area contributed by atoms with Gasteiger partial charge in [-0.15, -0.1) is 0 Å². The van der Waals surface area contributed by atoms with E-state index >= 15 is 0 Å². The zero-order valence-electron chi connectivity index (χ0n) is 13.0. The summed E-state index contributed by atoms with van der Waals surface area (Å²) >= 11 is 0. The summed E-state index contributed by atoms with van der Waals surface area (Å²) < 4.78 is 6.23. The van der Waals surface area contributed by atoms with E-state index in [0.29, 0.717) is 43.7 Å². The number of carboxylic acids is 1. The van der Waals surface area contributed by atoms with Gasteiger partial charge in [-0.05, 0) is 37.1 Å². The molecular weight excluding hydrogens is 282 g/mol. The molecule has 1 aromatic carbocycles. The lowest BCUT2D eigenvalue weighted by molar-refractivity contribution is -0.139. The lowest BCUT2D eigenvalue weighted by Crippen LogP contribution is -2.51. The number of carbonyl (C=O) groups excluding carboxylic acids is 1. The standard InChI is InChI=1S/C17H21NO4/c1-11-7-13-14(19)9-17(22-15(13)8-12(11)2)3-5-18(6-4-17)10-16(20)21/h7-8H,3-6,9-10H2,1-2H3,(H,20,21). The molecule has 5 heteroatoms. The number of hydrogen-bond donors (Lipinski definition) is 1. The number of piperidine rings is 1. The molecule has 1 spiro atoms. The van der Waals surface area contributed by atoms with Crippen LogP contribution >= 0.6 is 0 Å². The summed E-state index contributed by atoms with van der Waals surface area (Å²) in [5.74, 6) is 0.00936. The normalized spacial score (nSPS) is 20.5. The maximum Gasteiger partial charge on any atom is 0.317 e. The van der Waals surface area contributed by atoms with E-state index in [9.17, 15) is 9.59 Å². The number of nitrogens with zero attached hydrogens (tertiary/aromatic N) is 1. The molecule has 118 valence electrons. The Morgan fingerprint density at radius 3 is 2.55 bits per heavy atom. The second kappa shape index (κ2) is 5.39. The molecule has 0 atom stereocenters. The molecule has 0 unspecified atom stereocenters. The van der Waals surface area contributed by atoms with Crippen molar-refractivity contribution in [3.05, 3.63) is 28.8 Å². The molecule has 0 aromatic heterocycles. The molecule has 0 aliphatic carbocycles. The Morgan fingerprint density at radius 1 is 1.27 bits per heavy atom. The van der Waals surface area contributed by atoms with Crippen LogP contribution in [0.2, 0.25) is 0 Å². The first kappa shape index (κ1) is 15.0. The van der Waals surface area contributed by atoms with Crippen molar-refractivity contribution in [2.24, 2.45) is 0 Å². The predicted octanol–water partition coefficient (Wildman–Crippen LogP) is 2.19. The second-order valence-electron chi connectivity index (χ2n) is 6.49. The summed E-state index contributed by atoms with van der Waals surface area (Å²) in [6.45, 7) is 5.37. The number of ether oxygens (including phenoxy) is 1. The number of likely N-dealkylation sites (tertiary alicyclic amines) is 1. The molecule has 1 fully saturated rings. The highest BCUT2D eigenvalue weighted by Crippen LogP contribution is 2.40. The lowest BCUT2D eigenvalue weighted by Gasteiger charge is -2.43. The molecule has 3 rings (SSSR count). The van der Waals surface area contributed by atoms with Gasteiger partial charge < -0.3 is 9.84 Å². The SMILES string of the molecule is Cc1cc2c(cc1C)C(=O)CC1(CCN(CC(=O)O)CC1)O2. The van der Waals surface area contributed by atoms with Crippen LogP contribution in [0.15, 0.2) is 12.1 Å². The maximum absolute atomic E-state index is 12.5. The molecule has 22 heavy (non-hydrogen) atoms. The zero-order valence-corrected chi connectivity index (χ0v) is 13.0. The Kier molecular flexibility index (Phi) is 3.68. The van der Waals surface area contributed by atoms with Gasteiger partial charge in [-0.3, -0.25) is 14.5 Å². The molecule has 0 saturated carbocycles. The third-order valence-corrected chi connectivity index (χ3v) is 4.83. The van der Waals surface area contributed by atoms with Crippen LogP contribution in [0.5, 0.6) is 5.75 Å². The Hall–Kier alpha value is -1.88. The largest absolute Gasteiger partial charge is 0.486 e. The summed E-state index contributed by atoms with van der Waals surface area (Å²) in [6, 6.07) is 3.87. The average molecular weight is 303 g/mol. The number of aliphatic carboxylic acids is 1. The number of aryl methyl sites for hydroxylation is 2. The third kappa shape index (κ3) is 2.73. The van der Waals surface area contributed by atoms with Gasteiger partial charge in [0.05, 0.1) is 18.5 Å². The van der Waals surface area contributed by atoms with Crippen molar-refractivity contribution in [1.82, 2.24) is 4.90 Å². The van der Waals surface area contributed by atoms with Crippen LogP contribution in [0.1, 0.15) is 40.7 Å². The van der Waals surface area contributed by atoms with Crippen LogP contribution in [0, 0.1) is 13.8 Å². The highest BCUT2D eigenvalue weighted by atomic mass is 16.5. The van der Waals surface area contributed by atoms with Crippen molar-refractivity contribution < 1.29 is 19.4 Å². The van der Waals surface area contributed by atoms with Crippen molar-refractivity contribution in [2.75, 3.05) is 19.6 Å². The average Bonchev–Trinajstić information content (AvgIpc) is 2.44. The van der Waals surface area contributed by atoms with Crippen LogP contribution in [0.3, 0.4) is 0 Å². The minimum absolute atomic E-state index is 0.0545. The lowest BCUT2D eigenvalue weighted by atomic mass is 9.82. The molecule has 0 amide bonds. The highest BCUT2D eigenvalue weighted by molar-refractivity contribution is 6.00. The van der Waals surface area contributed by atoms with Crippen molar-refractivity contribution in [3.8, 4) is 5.75 Å². The minimum Gasteiger partial charge on any atom is -0.486 e. The van der Waals surface area contributed by atoms with E-state index in [1.165, 1.54) is 0 Å². The van der Waals surface area contributed by atoms with Gasteiger partial charge in [0.25, 0.3) is 0 Å². The van der Waals surface area contributed by atoms with Crippen LogP contribution in [-0.4, -0.2) is 47.0 Å². The van der Waals surface area contributed by atoms with E-state index in [-0.39, 0.29) is 12.3 Å². The maximum atomic E-state index is 12.5. The second-order valence-corrected chi connectivity index (χ2v) is 6.49. The van der Waals surface area contributed by atoms with E-state index in [1.807, 2.05) is 30.9 Å². The topological polar surface area (TPSA) is 66.8 Å². The first-order chi connectivity index (χ1) is 10.4. The van der Waals surface area contributed by atoms with Crippen LogP contribution in [0.25, 0.3) is 0 Å². The van der Waals surface area contributed by atoms with Gasteiger partial charge >= 0.3 is 5.97 Å². The Morgan fingerprint density at radius 2 is 1.91 bits per heavy atom. The van der Waals surface area contributed by atoms with E-state index in [4.69, 9.17) is 9.84 Å². The van der Waals surface area contributed by atoms with E-state index in [1.54, 1.807) is 0 Å². The monoisotopic (exact) mass is 303 g/mol. The Labute approximate surface area is 129 Å². The molecular formula is C17H21NO4. The third-order valence-electron chi connectivity index (χ3n) is 4.83. The number of fused-ring (bicyclic) bond motifs is 1. The van der Waals surface area contributed by atoms with Crippen molar-refractivity contribution in [3.63, 3.8) is 0 Å². The summed E-state index contributed by atoms with van der Waals surface area (Å²) in [4.78, 5) is 25.2. The molecule has 1 saturated heterocycles. The minimum atomic E-state index is -0.812. The van der Waals surface area contributed by atoms with Crippen molar-refractivity contribution in [2.45, 2.75) is 38.7 Å². The van der Waals surface area contributed by atoms with Gasteiger partial charge in [0, 0.05) is 25.9 Å². The van der Waals surface area contributed by atoms with E-state index in [0.717, 1.165) is 11.1 Å². The van der Waals surface area contributed by atoms with Gasteiger partial charge in [-0.2, -0.15) is 0 Å². The number of carbonyl (C=O) groups is 2. The summed E-state index contributed by atoms with van der Waals surface area (Å²) in [6.07, 6.45) is 1.78. The van der Waals surface area contributed by atoms with Gasteiger partial charge in [-0.25, -0.2) is 0 Å². The summed E-state index contributed by atoms with van der Waals surface area (Å²) in [5, 5.41) is 8.87. The van der Waals surface area contributed by atoms with E-state index < -0.39 is 11.6 Å². The molecule has 5 nitrogen and oxygen atoms in total. The first-order valence-electron chi connectivity index (χ1n) is 7.66. The number of Topliss-reactive ketones (excluding diaryl/α,β-unsaturated/α-hetero) is 1. The molecule has 0 bridgehead atoms. The molecule has 2 aliphatic heterocycles. The molecule has 2 aliphatic rings. The first-order valence-corrected chi connectivity index (χ1v) is 7.66. The number of ketones is 1. The molecule has 2 heterocycles. The molecule has 0 radical (unpaired) electrons. The van der Waals surface area contributed by atoms with Crippen LogP contribution < -0.4 is 4.74 Å². The number of hydrogen-bond acceptors (Lipinski definition) is 4. The molecule has 1 aromatic rings. The number of rotatable bonds is 2. The molecule has 1 N–H and O–H groups in total. The van der Waals surface area contributed by atoms with Gasteiger partial charge in [0.15, 0.2) is 5.78 Å². The smallest absolute Gasteiger partial charge is 0.317 e. The quantitative estimate of drug-likeness (QED) is 0.907. The summed E-state index contributed by atoms with van der Waals surface area (Å²) in [7, 11) is 0. The Bertz CT molecular complexity index is 630. The fourth-order valence-electron chi connectivity index (χ4n) is 3.34.